The highest BCUT2D eigenvalue weighted by Gasteiger charge is 1.98. The van der Waals surface area contributed by atoms with E-state index in [1.807, 2.05) is 30.3 Å². The van der Waals surface area contributed by atoms with Gasteiger partial charge in [0, 0.05) is 17.1 Å². The van der Waals surface area contributed by atoms with Gasteiger partial charge in [-0.1, -0.05) is 18.2 Å². The number of nitrogens with one attached hydrogen (secondary N) is 1. The van der Waals surface area contributed by atoms with Gasteiger partial charge in [0.1, 0.15) is 5.82 Å². The van der Waals surface area contributed by atoms with Crippen LogP contribution in [0.5, 0.6) is 0 Å². The van der Waals surface area contributed by atoms with Gasteiger partial charge < -0.3 is 0 Å². The second kappa shape index (κ2) is 5.48. The van der Waals surface area contributed by atoms with Crippen molar-refractivity contribution in [3.05, 3.63) is 72.2 Å². The molecule has 0 bridgehead atoms. The van der Waals surface area contributed by atoms with Crippen LogP contribution in [0.4, 0.5) is 10.1 Å². The Morgan fingerprint density at radius 2 is 1.80 bits per heavy atom. The summed E-state index contributed by atoms with van der Waals surface area (Å²) < 4.78 is 12.8. The molecule has 0 unspecified atom stereocenters. The van der Waals surface area contributed by atoms with Crippen LogP contribution < -0.4 is 5.43 Å². The van der Waals surface area contributed by atoms with Gasteiger partial charge in [-0.15, -0.1) is 0 Å². The van der Waals surface area contributed by atoms with E-state index in [1.165, 1.54) is 12.1 Å². The summed E-state index contributed by atoms with van der Waals surface area (Å²) in [5.41, 5.74) is 5.51. The van der Waals surface area contributed by atoms with Gasteiger partial charge in [-0.25, -0.2) is 4.39 Å². The van der Waals surface area contributed by atoms with Gasteiger partial charge in [0.25, 0.3) is 0 Å². The van der Waals surface area contributed by atoms with E-state index < -0.39 is 0 Å². The average Bonchev–Trinajstić information content (AvgIpc) is 2.49. The first-order chi connectivity index (χ1) is 9.83. The molecule has 2 aromatic carbocycles. The zero-order valence-corrected chi connectivity index (χ0v) is 10.6. The van der Waals surface area contributed by atoms with E-state index in [0.29, 0.717) is 0 Å². The van der Waals surface area contributed by atoms with Crippen LogP contribution in [0.25, 0.3) is 10.9 Å². The normalized spacial score (nSPS) is 11.1. The van der Waals surface area contributed by atoms with Crippen LogP contribution in [-0.2, 0) is 0 Å². The molecule has 1 aromatic heterocycles. The highest BCUT2D eigenvalue weighted by atomic mass is 19.1. The maximum absolute atomic E-state index is 12.8. The minimum atomic E-state index is -0.264. The number of benzene rings is 2. The van der Waals surface area contributed by atoms with E-state index in [4.69, 9.17) is 0 Å². The number of halogens is 1. The van der Waals surface area contributed by atoms with Crippen molar-refractivity contribution in [1.82, 2.24) is 4.98 Å². The predicted octanol–water partition coefficient (Wildman–Crippen LogP) is 3.82. The average molecular weight is 265 g/mol. The van der Waals surface area contributed by atoms with E-state index in [2.05, 4.69) is 15.5 Å². The fraction of sp³-hybridized carbons (Fsp3) is 0. The summed E-state index contributed by atoms with van der Waals surface area (Å²) in [6.45, 7) is 0. The van der Waals surface area contributed by atoms with Crippen molar-refractivity contribution in [2.45, 2.75) is 0 Å². The van der Waals surface area contributed by atoms with Crippen LogP contribution in [-0.4, -0.2) is 11.2 Å². The third kappa shape index (κ3) is 2.64. The van der Waals surface area contributed by atoms with Crippen molar-refractivity contribution in [2.24, 2.45) is 5.10 Å². The Morgan fingerprint density at radius 1 is 1.00 bits per heavy atom. The fourth-order valence-electron chi connectivity index (χ4n) is 1.93. The molecular weight excluding hydrogens is 253 g/mol. The summed E-state index contributed by atoms with van der Waals surface area (Å²) in [5.74, 6) is -0.264. The number of fused-ring (bicyclic) bond motifs is 1. The lowest BCUT2D eigenvalue weighted by Crippen LogP contribution is -1.92. The first kappa shape index (κ1) is 12.3. The molecule has 0 aliphatic rings. The molecule has 20 heavy (non-hydrogen) atoms. The van der Waals surface area contributed by atoms with Gasteiger partial charge >= 0.3 is 0 Å². The number of anilines is 1. The molecule has 1 N–H and O–H groups in total. The third-order valence-electron chi connectivity index (χ3n) is 2.92. The first-order valence-electron chi connectivity index (χ1n) is 6.21. The van der Waals surface area contributed by atoms with Crippen molar-refractivity contribution in [3.8, 4) is 0 Å². The molecule has 0 radical (unpaired) electrons. The van der Waals surface area contributed by atoms with Crippen LogP contribution in [0.3, 0.4) is 0 Å². The van der Waals surface area contributed by atoms with E-state index >= 15 is 0 Å². The number of para-hydroxylation sites is 1. The molecule has 0 fully saturated rings. The number of aromatic nitrogens is 1. The third-order valence-corrected chi connectivity index (χ3v) is 2.92. The molecule has 0 spiro atoms. The molecule has 1 heterocycles. The Labute approximate surface area is 115 Å². The second-order valence-corrected chi connectivity index (χ2v) is 4.29. The van der Waals surface area contributed by atoms with Crippen LogP contribution in [0.15, 0.2) is 65.9 Å². The maximum Gasteiger partial charge on any atom is 0.123 e. The van der Waals surface area contributed by atoms with Gasteiger partial charge in [-0.2, -0.15) is 5.10 Å². The lowest BCUT2D eigenvalue weighted by Gasteiger charge is -2.02. The van der Waals surface area contributed by atoms with E-state index in [-0.39, 0.29) is 5.82 Å². The molecule has 3 nitrogen and oxygen atoms in total. The molecule has 0 saturated carbocycles. The van der Waals surface area contributed by atoms with Gasteiger partial charge in [0.2, 0.25) is 0 Å². The summed E-state index contributed by atoms with van der Waals surface area (Å²) in [6, 6.07) is 15.8. The Bertz CT molecular complexity index is 746. The molecule has 0 aliphatic carbocycles. The number of rotatable bonds is 3. The van der Waals surface area contributed by atoms with Gasteiger partial charge in [0.15, 0.2) is 0 Å². The second-order valence-electron chi connectivity index (χ2n) is 4.29. The predicted molar refractivity (Wildman–Crippen MR) is 79.4 cm³/mol. The molecule has 3 aromatic rings. The van der Waals surface area contributed by atoms with Crippen molar-refractivity contribution < 1.29 is 4.39 Å². The summed E-state index contributed by atoms with van der Waals surface area (Å²) in [7, 11) is 0. The topological polar surface area (TPSA) is 37.3 Å². The van der Waals surface area contributed by atoms with Crippen LogP contribution in [0, 0.1) is 5.82 Å². The van der Waals surface area contributed by atoms with Crippen molar-refractivity contribution in [1.29, 1.82) is 0 Å². The van der Waals surface area contributed by atoms with Crippen LogP contribution >= 0.6 is 0 Å². The van der Waals surface area contributed by atoms with Gasteiger partial charge in [0.05, 0.1) is 17.4 Å². The smallest absolute Gasteiger partial charge is 0.123 e. The fourth-order valence-corrected chi connectivity index (χ4v) is 1.93. The number of hydrogen-bond donors (Lipinski definition) is 1. The molecular formula is C16H12FN3. The SMILES string of the molecule is Fc1ccc(N/N=C\c2ccnc3ccccc23)cc1. The van der Waals surface area contributed by atoms with E-state index in [1.54, 1.807) is 24.5 Å². The molecule has 0 amide bonds. The first-order valence-corrected chi connectivity index (χ1v) is 6.21. The minimum Gasteiger partial charge on any atom is -0.279 e. The summed E-state index contributed by atoms with van der Waals surface area (Å²) in [4.78, 5) is 4.29. The van der Waals surface area contributed by atoms with Gasteiger partial charge in [-0.05, 0) is 36.4 Å². The summed E-state index contributed by atoms with van der Waals surface area (Å²) in [6.07, 6.45) is 3.48. The zero-order valence-electron chi connectivity index (χ0n) is 10.6. The highest BCUT2D eigenvalue weighted by Crippen LogP contribution is 2.14. The molecule has 3 rings (SSSR count). The minimum absolute atomic E-state index is 0.264. The van der Waals surface area contributed by atoms with Gasteiger partial charge in [-0.3, -0.25) is 10.4 Å². The number of hydrogen-bond acceptors (Lipinski definition) is 3. The van der Waals surface area contributed by atoms with Crippen LogP contribution in [0.1, 0.15) is 5.56 Å². The Morgan fingerprint density at radius 3 is 2.65 bits per heavy atom. The van der Waals surface area contributed by atoms with Crippen LogP contribution in [0.2, 0.25) is 0 Å². The Kier molecular flexibility index (Phi) is 3.37. The molecule has 0 aliphatic heterocycles. The van der Waals surface area contributed by atoms with E-state index in [9.17, 15) is 4.39 Å². The number of hydrazone groups is 1. The molecule has 98 valence electrons. The van der Waals surface area contributed by atoms with Crippen molar-refractivity contribution >= 4 is 22.8 Å². The standard InChI is InChI=1S/C16H12FN3/c17-13-5-7-14(8-6-13)20-19-11-12-9-10-18-16-4-2-1-3-15(12)16/h1-11,20H/b19-11-. The molecule has 0 saturated heterocycles. The number of nitrogens with zero attached hydrogens (tertiary/aromatic N) is 2. The lowest BCUT2D eigenvalue weighted by molar-refractivity contribution is 0.628. The van der Waals surface area contributed by atoms with Crippen molar-refractivity contribution in [2.75, 3.05) is 5.43 Å². The zero-order chi connectivity index (χ0) is 13.8. The lowest BCUT2D eigenvalue weighted by atomic mass is 10.1. The maximum atomic E-state index is 12.8. The molecule has 4 heteroatoms. The number of pyridine rings is 1. The van der Waals surface area contributed by atoms with E-state index in [0.717, 1.165) is 22.2 Å². The Hall–Kier alpha value is -2.75. The molecule has 0 atom stereocenters. The summed E-state index contributed by atoms with van der Waals surface area (Å²) >= 11 is 0. The quantitative estimate of drug-likeness (QED) is 0.577. The van der Waals surface area contributed by atoms with Crippen molar-refractivity contribution in [3.63, 3.8) is 0 Å². The largest absolute Gasteiger partial charge is 0.279 e. The summed E-state index contributed by atoms with van der Waals surface area (Å²) in [5, 5.41) is 5.21. The highest BCUT2D eigenvalue weighted by molar-refractivity contribution is 5.98. The Balaban J connectivity index is 1.82. The monoisotopic (exact) mass is 265 g/mol.